The molecule has 2 unspecified atom stereocenters. The molecule has 0 saturated heterocycles. The minimum Gasteiger partial charge on any atom is -0.480 e. The van der Waals surface area contributed by atoms with Gasteiger partial charge >= 0.3 is 5.37 Å². The Kier molecular flexibility index (Phi) is 6.46. The zero-order valence-corrected chi connectivity index (χ0v) is 21.1. The summed E-state index contributed by atoms with van der Waals surface area (Å²) in [5.74, 6) is 0.662. The average molecular weight is 520 g/mol. The van der Waals surface area contributed by atoms with Gasteiger partial charge in [-0.15, -0.1) is 10.2 Å². The van der Waals surface area contributed by atoms with Gasteiger partial charge in [0.15, 0.2) is 0 Å². The lowest BCUT2D eigenvalue weighted by Crippen LogP contribution is -2.53. The molecule has 7 nitrogen and oxygen atoms in total. The van der Waals surface area contributed by atoms with E-state index in [4.69, 9.17) is 49.3 Å². The van der Waals surface area contributed by atoms with Gasteiger partial charge in [0.25, 0.3) is 0 Å². The highest BCUT2D eigenvalue weighted by atomic mass is 35.5. The monoisotopic (exact) mass is 518 g/mol. The second-order valence-electron chi connectivity index (χ2n) is 7.99. The van der Waals surface area contributed by atoms with Gasteiger partial charge in [0.1, 0.15) is 16.9 Å². The number of aromatic nitrogens is 2. The van der Waals surface area contributed by atoms with Gasteiger partial charge in [-0.25, -0.2) is 0 Å². The van der Waals surface area contributed by atoms with Crippen LogP contribution in [0.25, 0.3) is 0 Å². The highest BCUT2D eigenvalue weighted by Crippen LogP contribution is 2.54. The number of hydrogen-bond donors (Lipinski definition) is 0. The van der Waals surface area contributed by atoms with E-state index < -0.39 is 16.4 Å². The van der Waals surface area contributed by atoms with Crippen LogP contribution < -0.4 is 9.47 Å². The van der Waals surface area contributed by atoms with Gasteiger partial charge in [-0.1, -0.05) is 47.5 Å². The van der Waals surface area contributed by atoms with Crippen molar-refractivity contribution in [2.75, 3.05) is 14.2 Å². The number of nitrogens with zero attached hydrogens (tertiary/aromatic N) is 4. The number of amidine groups is 1. The Morgan fingerprint density at radius 2 is 1.44 bits per heavy atom. The maximum absolute atomic E-state index is 13.1. The maximum atomic E-state index is 13.1. The molecular formula is C24H21Cl3N4O3. The number of hydrogen-bond acceptors (Lipinski definition) is 6. The molecule has 1 aromatic heterocycles. The lowest BCUT2D eigenvalue weighted by molar-refractivity contribution is 0.149. The minimum absolute atomic E-state index is 0.168. The summed E-state index contributed by atoms with van der Waals surface area (Å²) in [6.45, 7) is 3.84. The molecule has 0 N–H and O–H groups in total. The lowest BCUT2D eigenvalue weighted by atomic mass is 9.71. The number of amides is 1. The molecule has 0 radical (unpaired) electrons. The van der Waals surface area contributed by atoms with E-state index in [0.29, 0.717) is 15.6 Å². The topological polar surface area (TPSA) is 76.9 Å². The second-order valence-corrected chi connectivity index (χ2v) is 9.19. The summed E-state index contributed by atoms with van der Waals surface area (Å²) in [6.07, 6.45) is 0. The van der Waals surface area contributed by atoms with E-state index in [2.05, 4.69) is 10.2 Å². The van der Waals surface area contributed by atoms with Crippen LogP contribution in [-0.4, -0.2) is 40.5 Å². The summed E-state index contributed by atoms with van der Waals surface area (Å²) in [6, 6.07) is 16.1. The smallest absolute Gasteiger partial charge is 0.322 e. The van der Waals surface area contributed by atoms with Crippen molar-refractivity contribution in [3.63, 3.8) is 0 Å². The van der Waals surface area contributed by atoms with Crippen molar-refractivity contribution in [1.29, 1.82) is 0 Å². The van der Waals surface area contributed by atoms with Crippen molar-refractivity contribution in [3.8, 4) is 11.8 Å². The van der Waals surface area contributed by atoms with Crippen LogP contribution in [0.15, 0.2) is 59.6 Å². The molecule has 0 bridgehead atoms. The van der Waals surface area contributed by atoms with E-state index in [1.807, 2.05) is 38.1 Å². The van der Waals surface area contributed by atoms with Crippen molar-refractivity contribution in [1.82, 2.24) is 15.1 Å². The van der Waals surface area contributed by atoms with Crippen LogP contribution in [0.2, 0.25) is 10.0 Å². The molecule has 10 heteroatoms. The summed E-state index contributed by atoms with van der Waals surface area (Å²) < 4.78 is 10.7. The summed E-state index contributed by atoms with van der Waals surface area (Å²) in [7, 11) is 2.93. The SMILES string of the molecule is COc1cc(C2=NC(C)(c3ccc(Cl)cc3)C(C)(c3ccc(Cl)cc3)N2C(=O)Cl)c(OC)nn1. The molecule has 0 saturated carbocycles. The molecule has 2 aromatic carbocycles. The Bertz CT molecular complexity index is 1270. The molecular weight excluding hydrogens is 499 g/mol. The molecule has 3 aromatic rings. The van der Waals surface area contributed by atoms with Crippen LogP contribution in [0.3, 0.4) is 0 Å². The Hall–Kier alpha value is -2.87. The lowest BCUT2D eigenvalue weighted by Gasteiger charge is -2.44. The maximum Gasteiger partial charge on any atom is 0.322 e. The molecule has 0 spiro atoms. The first-order valence-electron chi connectivity index (χ1n) is 10.2. The summed E-state index contributed by atoms with van der Waals surface area (Å²) in [5.41, 5.74) is -0.0648. The zero-order chi connectivity index (χ0) is 24.7. The number of carbonyl (C=O) groups is 1. The molecule has 1 aliphatic heterocycles. The van der Waals surface area contributed by atoms with Crippen molar-refractivity contribution in [2.45, 2.75) is 24.9 Å². The van der Waals surface area contributed by atoms with Crippen LogP contribution in [0.4, 0.5) is 4.79 Å². The fourth-order valence-electron chi connectivity index (χ4n) is 4.32. The Balaban J connectivity index is 2.06. The highest BCUT2D eigenvalue weighted by molar-refractivity contribution is 6.64. The second kappa shape index (κ2) is 9.06. The van der Waals surface area contributed by atoms with E-state index in [9.17, 15) is 4.79 Å². The van der Waals surface area contributed by atoms with Crippen LogP contribution in [-0.2, 0) is 11.1 Å². The zero-order valence-electron chi connectivity index (χ0n) is 18.8. The molecule has 2 heterocycles. The van der Waals surface area contributed by atoms with E-state index in [1.54, 1.807) is 30.3 Å². The Labute approximate surface area is 212 Å². The molecule has 4 rings (SSSR count). The number of benzene rings is 2. The van der Waals surface area contributed by atoms with Gasteiger partial charge in [0.2, 0.25) is 11.8 Å². The van der Waals surface area contributed by atoms with Crippen molar-refractivity contribution in [3.05, 3.63) is 81.3 Å². The van der Waals surface area contributed by atoms with Crippen molar-refractivity contribution >= 4 is 46.0 Å². The summed E-state index contributed by atoms with van der Waals surface area (Å²) >= 11 is 18.6. The summed E-state index contributed by atoms with van der Waals surface area (Å²) in [5, 5.41) is 8.45. The van der Waals surface area contributed by atoms with Gasteiger partial charge in [0.05, 0.1) is 19.8 Å². The number of ether oxygens (including phenoxy) is 2. The van der Waals surface area contributed by atoms with E-state index >= 15 is 0 Å². The first-order chi connectivity index (χ1) is 16.2. The van der Waals surface area contributed by atoms with Gasteiger partial charge in [-0.2, -0.15) is 0 Å². The fraction of sp³-hybridized carbons (Fsp3) is 0.250. The van der Waals surface area contributed by atoms with Gasteiger partial charge in [0, 0.05) is 16.1 Å². The predicted octanol–water partition coefficient (Wildman–Crippen LogP) is 6.05. The first-order valence-corrected chi connectivity index (χ1v) is 11.4. The third-order valence-electron chi connectivity index (χ3n) is 6.31. The average Bonchev–Trinajstić information content (AvgIpc) is 3.08. The summed E-state index contributed by atoms with van der Waals surface area (Å²) in [4.78, 5) is 19.6. The predicted molar refractivity (Wildman–Crippen MR) is 132 cm³/mol. The third-order valence-corrected chi connectivity index (χ3v) is 6.98. The van der Waals surface area contributed by atoms with Crippen LogP contribution in [0.1, 0.15) is 30.5 Å². The van der Waals surface area contributed by atoms with Crippen molar-refractivity contribution < 1.29 is 14.3 Å². The van der Waals surface area contributed by atoms with E-state index in [1.165, 1.54) is 19.1 Å². The standard InChI is InChI=1S/C24H21Cl3N4O3/c1-23(14-5-9-16(25)10-6-14)24(2,15-7-11-17(26)12-8-15)31(22(27)32)20(28-23)18-13-19(33-3)29-30-21(18)34-4/h5-13H,1-4H3. The molecule has 1 aliphatic rings. The van der Waals surface area contributed by atoms with E-state index in [-0.39, 0.29) is 17.6 Å². The van der Waals surface area contributed by atoms with Gasteiger partial charge < -0.3 is 9.47 Å². The highest BCUT2D eigenvalue weighted by Gasteiger charge is 2.59. The molecule has 176 valence electrons. The number of halogens is 3. The Morgan fingerprint density at radius 3 is 1.94 bits per heavy atom. The first kappa shape index (κ1) is 24.3. The number of carbonyl (C=O) groups excluding carboxylic acids is 1. The third kappa shape index (κ3) is 3.78. The van der Waals surface area contributed by atoms with Crippen LogP contribution >= 0.6 is 34.8 Å². The Morgan fingerprint density at radius 1 is 0.882 bits per heavy atom. The van der Waals surface area contributed by atoms with Gasteiger partial charge in [-0.05, 0) is 60.8 Å². The number of aliphatic imine (C=N–C) groups is 1. The molecule has 34 heavy (non-hydrogen) atoms. The molecule has 0 aliphatic carbocycles. The number of rotatable bonds is 5. The molecule has 1 amide bonds. The quantitative estimate of drug-likeness (QED) is 0.303. The minimum atomic E-state index is -1.07. The largest absolute Gasteiger partial charge is 0.480 e. The van der Waals surface area contributed by atoms with Crippen LogP contribution in [0.5, 0.6) is 11.8 Å². The normalized spacial score (nSPS) is 21.9. The van der Waals surface area contributed by atoms with Crippen molar-refractivity contribution in [2.24, 2.45) is 4.99 Å². The number of methoxy groups -OCH3 is 2. The van der Waals surface area contributed by atoms with E-state index in [0.717, 1.165) is 11.1 Å². The van der Waals surface area contributed by atoms with Crippen LogP contribution in [0, 0.1) is 0 Å². The van der Waals surface area contributed by atoms with Gasteiger partial charge in [-0.3, -0.25) is 14.7 Å². The molecule has 0 fully saturated rings. The molecule has 2 atom stereocenters. The fourth-order valence-corrected chi connectivity index (χ4v) is 4.82.